The number of unbranched alkanes of at least 4 members (excludes halogenated alkanes) is 13. The third kappa shape index (κ3) is 31.9. The predicted molar refractivity (Wildman–Crippen MR) is 262 cm³/mol. The first-order valence-electron chi connectivity index (χ1n) is 25.7. The van der Waals surface area contributed by atoms with Gasteiger partial charge < -0.3 is 62.2 Å². The van der Waals surface area contributed by atoms with Gasteiger partial charge in [-0.15, -0.1) is 0 Å². The summed E-state index contributed by atoms with van der Waals surface area (Å²) in [4.78, 5) is 12.3. The lowest BCUT2D eigenvalue weighted by Crippen LogP contribution is -2.29. The number of rotatable bonds is 50. The Kier molecular flexibility index (Phi) is 38.9. The van der Waals surface area contributed by atoms with Gasteiger partial charge in [-0.25, -0.2) is 4.79 Å². The van der Waals surface area contributed by atoms with E-state index in [1.54, 1.807) is 0 Å². The Morgan fingerprint density at radius 2 is 0.657 bits per heavy atom. The van der Waals surface area contributed by atoms with E-state index < -0.39 is 6.09 Å². The van der Waals surface area contributed by atoms with Gasteiger partial charge in [0.05, 0.1) is 139 Å². The molecule has 0 aliphatic heterocycles. The molecule has 0 spiro atoms. The van der Waals surface area contributed by atoms with Gasteiger partial charge in [0, 0.05) is 19.1 Å². The van der Waals surface area contributed by atoms with E-state index in [1.165, 1.54) is 106 Å². The van der Waals surface area contributed by atoms with Gasteiger partial charge in [0.2, 0.25) is 0 Å². The van der Waals surface area contributed by atoms with Crippen molar-refractivity contribution in [2.75, 3.05) is 159 Å². The highest BCUT2D eigenvalue weighted by molar-refractivity contribution is 5.79. The van der Waals surface area contributed by atoms with Gasteiger partial charge in [-0.1, -0.05) is 139 Å². The number of fused-ring (bicyclic) bond motifs is 3. The zero-order valence-corrected chi connectivity index (χ0v) is 41.4. The normalized spacial score (nSPS) is 12.2. The minimum absolute atomic E-state index is 0.0365. The van der Waals surface area contributed by atoms with Crippen molar-refractivity contribution in [2.24, 2.45) is 0 Å². The van der Waals surface area contributed by atoms with Crippen LogP contribution in [0.25, 0.3) is 11.1 Å². The third-order valence-corrected chi connectivity index (χ3v) is 11.2. The highest BCUT2D eigenvalue weighted by Crippen LogP contribution is 2.44. The molecule has 1 amide bonds. The first-order chi connectivity index (χ1) is 33.3. The van der Waals surface area contributed by atoms with Crippen LogP contribution in [0.5, 0.6) is 0 Å². The van der Waals surface area contributed by atoms with Gasteiger partial charge in [0.1, 0.15) is 6.61 Å². The maximum Gasteiger partial charge on any atom is 0.407 e. The van der Waals surface area contributed by atoms with Gasteiger partial charge in [-0.2, -0.15) is 0 Å². The molecule has 0 radical (unpaired) electrons. The highest BCUT2D eigenvalue weighted by Gasteiger charge is 2.29. The molecule has 0 saturated carbocycles. The number of alkyl carbamates (subject to hydrolysis) is 1. The molecule has 0 unspecified atom stereocenters. The fourth-order valence-corrected chi connectivity index (χ4v) is 7.57. The summed E-state index contributed by atoms with van der Waals surface area (Å²) in [5, 5.41) is 2.75. The first kappa shape index (κ1) is 58.6. The molecule has 0 bridgehead atoms. The summed E-state index contributed by atoms with van der Waals surface area (Å²) in [6.07, 6.45) is 18.7. The lowest BCUT2D eigenvalue weighted by molar-refractivity contribution is -0.0275. The maximum absolute atomic E-state index is 12.3. The Balaban J connectivity index is 0.895. The smallest absolute Gasteiger partial charge is 0.407 e. The molecule has 1 aliphatic carbocycles. The predicted octanol–water partition coefficient (Wildman–Crippen LogP) is 9.19. The standard InChI is InChI=1S/C53H89NO13/c1-2-3-4-5-6-7-8-9-10-11-12-13-14-19-25-56-27-29-58-31-33-60-35-37-62-39-41-64-43-45-66-46-44-65-42-40-63-38-36-61-34-32-59-30-28-57-26-24-54-53(55)67-47-52-50-22-17-15-20-48(50)49-21-16-18-23-51(49)52/h15-18,20-23,52H,2-14,19,24-47H2,1H3,(H,54,55). The van der Waals surface area contributed by atoms with E-state index in [2.05, 4.69) is 36.5 Å². The molecule has 0 saturated heterocycles. The largest absolute Gasteiger partial charge is 0.449 e. The molecule has 14 nitrogen and oxygen atoms in total. The molecule has 2 aromatic rings. The van der Waals surface area contributed by atoms with E-state index in [0.29, 0.717) is 145 Å². The molecule has 0 aromatic heterocycles. The third-order valence-electron chi connectivity index (χ3n) is 11.2. The van der Waals surface area contributed by atoms with E-state index in [0.717, 1.165) is 13.0 Å². The van der Waals surface area contributed by atoms with Crippen LogP contribution in [0.2, 0.25) is 0 Å². The Hall–Kier alpha value is -2.73. The molecule has 3 rings (SSSR count). The molecule has 0 heterocycles. The molecule has 384 valence electrons. The topological polar surface area (TPSA) is 140 Å². The SMILES string of the molecule is CCCCCCCCCCCCCCCCOCCOCCOCCOCCOCCOCCOCCOCCOCCOCCOCCNC(=O)OCC1c2ccccc2-c2ccccc21. The second-order valence-corrected chi connectivity index (χ2v) is 16.6. The average molecular weight is 948 g/mol. The molecular weight excluding hydrogens is 859 g/mol. The summed E-state index contributed by atoms with van der Waals surface area (Å²) in [5.41, 5.74) is 4.78. The van der Waals surface area contributed by atoms with Crippen molar-refractivity contribution in [2.45, 2.75) is 103 Å². The Morgan fingerprint density at radius 3 is 1.00 bits per heavy atom. The number of amides is 1. The van der Waals surface area contributed by atoms with Crippen molar-refractivity contribution in [1.29, 1.82) is 0 Å². The first-order valence-corrected chi connectivity index (χ1v) is 25.7. The van der Waals surface area contributed by atoms with Crippen molar-refractivity contribution < 1.29 is 61.6 Å². The van der Waals surface area contributed by atoms with Crippen molar-refractivity contribution in [1.82, 2.24) is 5.32 Å². The van der Waals surface area contributed by atoms with Crippen LogP contribution in [0.15, 0.2) is 48.5 Å². The summed E-state index contributed by atoms with van der Waals surface area (Å²) in [5.74, 6) is 0.0365. The van der Waals surface area contributed by atoms with Crippen molar-refractivity contribution in [3.05, 3.63) is 59.7 Å². The lowest BCUT2D eigenvalue weighted by Gasteiger charge is -2.14. The minimum Gasteiger partial charge on any atom is -0.449 e. The van der Waals surface area contributed by atoms with E-state index in [9.17, 15) is 4.79 Å². The van der Waals surface area contributed by atoms with Crippen molar-refractivity contribution in [3.63, 3.8) is 0 Å². The molecule has 2 aromatic carbocycles. The fraction of sp³-hybridized carbons (Fsp3) is 0.755. The van der Waals surface area contributed by atoms with Crippen LogP contribution in [0.3, 0.4) is 0 Å². The van der Waals surface area contributed by atoms with E-state index in [4.69, 9.17) is 56.8 Å². The minimum atomic E-state index is -0.450. The van der Waals surface area contributed by atoms with E-state index >= 15 is 0 Å². The molecule has 67 heavy (non-hydrogen) atoms. The van der Waals surface area contributed by atoms with Crippen LogP contribution in [-0.2, 0) is 56.8 Å². The van der Waals surface area contributed by atoms with Gasteiger partial charge >= 0.3 is 6.09 Å². The Morgan fingerprint density at radius 1 is 0.373 bits per heavy atom. The summed E-state index contributed by atoms with van der Waals surface area (Å²) >= 11 is 0. The molecule has 1 aliphatic rings. The molecule has 0 fully saturated rings. The number of nitrogens with one attached hydrogen (secondary N) is 1. The van der Waals surface area contributed by atoms with Crippen LogP contribution in [-0.4, -0.2) is 165 Å². The maximum atomic E-state index is 12.3. The van der Waals surface area contributed by atoms with Crippen molar-refractivity contribution in [3.8, 4) is 11.1 Å². The Bertz CT molecular complexity index is 1360. The number of benzene rings is 2. The van der Waals surface area contributed by atoms with Gasteiger partial charge in [-0.3, -0.25) is 0 Å². The number of hydrogen-bond acceptors (Lipinski definition) is 13. The molecule has 14 heteroatoms. The number of carbonyl (C=O) groups is 1. The van der Waals surface area contributed by atoms with Crippen LogP contribution >= 0.6 is 0 Å². The van der Waals surface area contributed by atoms with Crippen LogP contribution < -0.4 is 5.32 Å². The number of hydrogen-bond donors (Lipinski definition) is 1. The summed E-state index contributed by atoms with van der Waals surface area (Å²) in [6, 6.07) is 16.5. The van der Waals surface area contributed by atoms with Crippen LogP contribution in [0.1, 0.15) is 114 Å². The highest BCUT2D eigenvalue weighted by atomic mass is 16.6. The second-order valence-electron chi connectivity index (χ2n) is 16.6. The summed E-state index contributed by atoms with van der Waals surface area (Å²) in [6.45, 7) is 14.4. The quantitative estimate of drug-likeness (QED) is 0.0632. The number of ether oxygens (including phenoxy) is 12. The summed E-state index contributed by atoms with van der Waals surface area (Å²) in [7, 11) is 0. The summed E-state index contributed by atoms with van der Waals surface area (Å²) < 4.78 is 66.7. The van der Waals surface area contributed by atoms with Gasteiger partial charge in [0.25, 0.3) is 0 Å². The van der Waals surface area contributed by atoms with Crippen LogP contribution in [0, 0.1) is 0 Å². The zero-order chi connectivity index (χ0) is 47.2. The molecule has 0 atom stereocenters. The van der Waals surface area contributed by atoms with Gasteiger partial charge in [0.15, 0.2) is 0 Å². The Labute approximate surface area is 404 Å². The molecule has 1 N–H and O–H groups in total. The average Bonchev–Trinajstić information content (AvgIpc) is 3.67. The van der Waals surface area contributed by atoms with Gasteiger partial charge in [-0.05, 0) is 28.7 Å². The van der Waals surface area contributed by atoms with E-state index in [1.807, 2.05) is 24.3 Å². The molecular formula is C53H89NO13. The lowest BCUT2D eigenvalue weighted by atomic mass is 9.98. The zero-order valence-electron chi connectivity index (χ0n) is 41.4. The van der Waals surface area contributed by atoms with Crippen molar-refractivity contribution >= 4 is 6.09 Å². The number of carbonyl (C=O) groups excluding carboxylic acids is 1. The monoisotopic (exact) mass is 948 g/mol. The second kappa shape index (κ2) is 44.5. The van der Waals surface area contributed by atoms with E-state index in [-0.39, 0.29) is 12.5 Å². The van der Waals surface area contributed by atoms with Crippen LogP contribution in [0.4, 0.5) is 4.79 Å². The fourth-order valence-electron chi connectivity index (χ4n) is 7.57.